The number of hydrogen-bond donors (Lipinski definition) is 2. The van der Waals surface area contributed by atoms with Gasteiger partial charge in [-0.15, -0.1) is 0 Å². The minimum Gasteiger partial charge on any atom is -0.508 e. The lowest BCUT2D eigenvalue weighted by atomic mass is 9.53. The maximum absolute atomic E-state index is 12.4. The third kappa shape index (κ3) is 1.92. The number of Topliss-reactive ketones (excluding diaryl/α,β-unsaturated/α-hetero) is 1. The third-order valence-electron chi connectivity index (χ3n) is 7.18. The van der Waals surface area contributed by atoms with Crippen molar-refractivity contribution in [1.82, 2.24) is 5.32 Å². The first-order chi connectivity index (χ1) is 11.4. The maximum atomic E-state index is 12.4. The zero-order valence-corrected chi connectivity index (χ0v) is 14.8. The van der Waals surface area contributed by atoms with Crippen LogP contribution < -0.4 is 10.1 Å². The first-order valence-corrected chi connectivity index (χ1v) is 9.04. The Balaban J connectivity index is 1.70. The van der Waals surface area contributed by atoms with Crippen molar-refractivity contribution in [3.05, 3.63) is 23.8 Å². The molecule has 130 valence electrons. The number of rotatable bonds is 3. The lowest BCUT2D eigenvalue weighted by molar-refractivity contribution is -0.125. The van der Waals surface area contributed by atoms with Gasteiger partial charge in [0.25, 0.3) is 0 Å². The van der Waals surface area contributed by atoms with E-state index in [0.717, 1.165) is 43.4 Å². The van der Waals surface area contributed by atoms with Gasteiger partial charge in [0.2, 0.25) is 0 Å². The molecule has 3 aliphatic rings. The lowest BCUT2D eigenvalue weighted by Crippen LogP contribution is -2.52. The number of phenols is 1. The van der Waals surface area contributed by atoms with Crippen molar-refractivity contribution < 1.29 is 14.6 Å². The molecule has 1 saturated heterocycles. The van der Waals surface area contributed by atoms with E-state index in [4.69, 9.17) is 4.74 Å². The zero-order chi connectivity index (χ0) is 17.2. The molecule has 1 aromatic rings. The van der Waals surface area contributed by atoms with Crippen LogP contribution in [0, 0.1) is 11.3 Å². The molecular weight excluding hydrogens is 302 g/mol. The molecule has 1 heterocycles. The second kappa shape index (κ2) is 4.98. The quantitative estimate of drug-likeness (QED) is 0.836. The van der Waals surface area contributed by atoms with Crippen molar-refractivity contribution in [3.8, 4) is 11.5 Å². The topological polar surface area (TPSA) is 68.5 Å². The molecule has 1 aliphatic heterocycles. The van der Waals surface area contributed by atoms with Crippen LogP contribution in [0.1, 0.15) is 51.5 Å². The third-order valence-corrected chi connectivity index (χ3v) is 7.18. The highest BCUT2D eigenvalue weighted by Gasteiger charge is 2.75. The number of carbonyl (C=O) groups is 1. The molecular formula is C20H27NO3. The van der Waals surface area contributed by atoms with Crippen LogP contribution in [-0.2, 0) is 11.2 Å². The van der Waals surface area contributed by atoms with Crippen LogP contribution in [0.3, 0.4) is 0 Å². The monoisotopic (exact) mass is 329 g/mol. The summed E-state index contributed by atoms with van der Waals surface area (Å²) in [6.45, 7) is 4.43. The molecule has 0 radical (unpaired) electrons. The van der Waals surface area contributed by atoms with Gasteiger partial charge in [0.1, 0.15) is 11.5 Å². The summed E-state index contributed by atoms with van der Waals surface area (Å²) >= 11 is 0. The molecule has 4 rings (SSSR count). The summed E-state index contributed by atoms with van der Waals surface area (Å²) < 4.78 is 5.49. The van der Waals surface area contributed by atoms with Crippen LogP contribution in [0.15, 0.2) is 18.2 Å². The number of methoxy groups -OCH3 is 1. The highest BCUT2D eigenvalue weighted by Crippen LogP contribution is 2.63. The number of ether oxygens (including phenoxy) is 1. The number of carbonyl (C=O) groups excluding carboxylic acids is 1. The minimum atomic E-state index is -0.319. The van der Waals surface area contributed by atoms with Crippen LogP contribution >= 0.6 is 0 Å². The molecule has 3 fully saturated rings. The first kappa shape index (κ1) is 15.9. The average molecular weight is 329 g/mol. The lowest BCUT2D eigenvalue weighted by Gasteiger charge is -2.49. The number of hydrogen-bond acceptors (Lipinski definition) is 4. The summed E-state index contributed by atoms with van der Waals surface area (Å²) in [6.07, 6.45) is 5.76. The largest absolute Gasteiger partial charge is 0.508 e. The molecule has 1 spiro atoms. The average Bonchev–Trinajstić information content (AvgIpc) is 3.16. The molecule has 1 aromatic carbocycles. The van der Waals surface area contributed by atoms with Gasteiger partial charge in [-0.2, -0.15) is 0 Å². The van der Waals surface area contributed by atoms with Gasteiger partial charge in [0.15, 0.2) is 5.78 Å². The Kier molecular flexibility index (Phi) is 3.31. The maximum Gasteiger partial charge on any atom is 0.154 e. The summed E-state index contributed by atoms with van der Waals surface area (Å²) in [6, 6.07) is 5.48. The van der Waals surface area contributed by atoms with Gasteiger partial charge in [-0.05, 0) is 56.1 Å². The van der Waals surface area contributed by atoms with Crippen molar-refractivity contribution in [2.45, 2.75) is 63.5 Å². The molecule has 0 bridgehead atoms. The van der Waals surface area contributed by atoms with Crippen molar-refractivity contribution >= 4 is 5.78 Å². The molecule has 4 atom stereocenters. The van der Waals surface area contributed by atoms with Gasteiger partial charge in [0, 0.05) is 17.5 Å². The van der Waals surface area contributed by atoms with Crippen molar-refractivity contribution in [2.75, 3.05) is 7.11 Å². The van der Waals surface area contributed by atoms with Crippen LogP contribution in [0.4, 0.5) is 0 Å². The number of ketones is 1. The number of nitrogens with one attached hydrogen (secondary N) is 1. The molecule has 24 heavy (non-hydrogen) atoms. The molecule has 2 saturated carbocycles. The number of aromatic hydroxyl groups is 1. The predicted molar refractivity (Wildman–Crippen MR) is 92.3 cm³/mol. The fourth-order valence-electron chi connectivity index (χ4n) is 5.85. The number of phenolic OH excluding ortho intramolecular Hbond substituents is 1. The SMILES string of the molecule is COc1cccc(O)c1CC1(C)CCC[C@]23N[C@]2(C)C(=O)CCC13. The van der Waals surface area contributed by atoms with E-state index in [-0.39, 0.29) is 16.5 Å². The van der Waals surface area contributed by atoms with E-state index >= 15 is 0 Å². The van der Waals surface area contributed by atoms with Crippen LogP contribution in [0.25, 0.3) is 0 Å². The van der Waals surface area contributed by atoms with E-state index in [9.17, 15) is 9.90 Å². The Morgan fingerprint density at radius 2 is 2.12 bits per heavy atom. The zero-order valence-electron chi connectivity index (χ0n) is 14.8. The molecule has 0 aromatic heterocycles. The Labute approximate surface area is 143 Å². The standard InChI is InChI=1S/C20H27NO3/c1-18(12-13-14(22)6-4-7-15(13)24-3)10-5-11-20-16(18)8-9-17(23)19(20,2)21-20/h4,6-7,16,21-22H,5,8-12H2,1-3H3/t16?,18?,19-,20-/m1/s1. The van der Waals surface area contributed by atoms with Crippen molar-refractivity contribution in [2.24, 2.45) is 11.3 Å². The van der Waals surface area contributed by atoms with E-state index in [1.807, 2.05) is 12.1 Å². The van der Waals surface area contributed by atoms with E-state index in [2.05, 4.69) is 19.2 Å². The van der Waals surface area contributed by atoms with Gasteiger partial charge in [-0.1, -0.05) is 19.4 Å². The van der Waals surface area contributed by atoms with Crippen LogP contribution in [0.5, 0.6) is 11.5 Å². The second-order valence-corrected chi connectivity index (χ2v) is 8.38. The summed E-state index contributed by atoms with van der Waals surface area (Å²) in [4.78, 5) is 12.4. The smallest absolute Gasteiger partial charge is 0.154 e. The highest BCUT2D eigenvalue weighted by molar-refractivity contribution is 5.95. The molecule has 2 N–H and O–H groups in total. The summed E-state index contributed by atoms with van der Waals surface area (Å²) in [5.74, 6) is 1.91. The van der Waals surface area contributed by atoms with Gasteiger partial charge in [-0.3, -0.25) is 10.1 Å². The van der Waals surface area contributed by atoms with E-state index in [1.54, 1.807) is 13.2 Å². The Bertz CT molecular complexity index is 702. The fraction of sp³-hybridized carbons (Fsp3) is 0.650. The van der Waals surface area contributed by atoms with Crippen LogP contribution in [0.2, 0.25) is 0 Å². The van der Waals surface area contributed by atoms with Gasteiger partial charge in [-0.25, -0.2) is 0 Å². The molecule has 4 nitrogen and oxygen atoms in total. The highest BCUT2D eigenvalue weighted by atomic mass is 16.5. The molecule has 0 amide bonds. The first-order valence-electron chi connectivity index (χ1n) is 9.04. The molecule has 2 aliphatic carbocycles. The second-order valence-electron chi connectivity index (χ2n) is 8.38. The Morgan fingerprint density at radius 1 is 1.33 bits per heavy atom. The Hall–Kier alpha value is -1.55. The predicted octanol–water partition coefficient (Wildman–Crippen LogP) is 3.21. The summed E-state index contributed by atoms with van der Waals surface area (Å²) in [5, 5.41) is 14.0. The van der Waals surface area contributed by atoms with Crippen LogP contribution in [-0.4, -0.2) is 29.1 Å². The van der Waals surface area contributed by atoms with Gasteiger partial charge < -0.3 is 9.84 Å². The fourth-order valence-corrected chi connectivity index (χ4v) is 5.85. The van der Waals surface area contributed by atoms with Gasteiger partial charge in [0.05, 0.1) is 12.6 Å². The van der Waals surface area contributed by atoms with Gasteiger partial charge >= 0.3 is 0 Å². The van der Waals surface area contributed by atoms with E-state index in [0.29, 0.717) is 23.9 Å². The normalized spacial score (nSPS) is 40.6. The summed E-state index contributed by atoms with van der Waals surface area (Å²) in [5.41, 5.74) is 0.627. The number of benzene rings is 1. The minimum absolute atomic E-state index is 0.0209. The van der Waals surface area contributed by atoms with E-state index < -0.39 is 0 Å². The Morgan fingerprint density at radius 3 is 2.88 bits per heavy atom. The summed E-state index contributed by atoms with van der Waals surface area (Å²) in [7, 11) is 1.65. The van der Waals surface area contributed by atoms with E-state index in [1.165, 1.54) is 0 Å². The molecule has 4 heteroatoms. The van der Waals surface area contributed by atoms with Crippen molar-refractivity contribution in [1.29, 1.82) is 0 Å². The van der Waals surface area contributed by atoms with Crippen molar-refractivity contribution in [3.63, 3.8) is 0 Å². The molecule has 2 unspecified atom stereocenters.